The Balaban J connectivity index is 1.66. The highest BCUT2D eigenvalue weighted by atomic mass is 32.1. The fraction of sp³-hybridized carbons (Fsp3) is 0.455. The highest BCUT2D eigenvalue weighted by Crippen LogP contribution is 2.36. The van der Waals surface area contributed by atoms with Gasteiger partial charge in [-0.05, 0) is 57.6 Å². The summed E-state index contributed by atoms with van der Waals surface area (Å²) >= 11 is 1.42. The first-order valence-corrected chi connectivity index (χ1v) is 11.1. The number of carbonyl (C=O) groups is 3. The number of thiophene rings is 1. The first-order chi connectivity index (χ1) is 14.9. The minimum absolute atomic E-state index is 0.105. The van der Waals surface area contributed by atoms with Gasteiger partial charge in [0.1, 0.15) is 16.8 Å². The second kappa shape index (κ2) is 9.79. The average Bonchev–Trinajstić information content (AvgIpc) is 3.11. The van der Waals surface area contributed by atoms with Crippen LogP contribution in [0.15, 0.2) is 0 Å². The summed E-state index contributed by atoms with van der Waals surface area (Å²) in [6, 6.07) is 2.20. The van der Waals surface area contributed by atoms with Crippen molar-refractivity contribution in [3.8, 4) is 6.07 Å². The summed E-state index contributed by atoms with van der Waals surface area (Å²) in [6.45, 7) is 4.70. The summed E-state index contributed by atoms with van der Waals surface area (Å²) in [6.07, 6.45) is 5.00. The third-order valence-corrected chi connectivity index (χ3v) is 6.45. The van der Waals surface area contributed by atoms with Gasteiger partial charge in [0.05, 0.1) is 17.7 Å². The average molecular weight is 444 g/mol. The molecule has 0 fully saturated rings. The van der Waals surface area contributed by atoms with E-state index >= 15 is 0 Å². The number of amides is 1. The van der Waals surface area contributed by atoms with Crippen LogP contribution in [0, 0.1) is 25.2 Å². The molecule has 2 aromatic heterocycles. The van der Waals surface area contributed by atoms with Crippen molar-refractivity contribution in [3.05, 3.63) is 38.5 Å². The number of aromatic nitrogens is 1. The Hall–Kier alpha value is -3.12. The first kappa shape index (κ1) is 22.6. The molecule has 0 unspecified atom stereocenters. The standard InChI is InChI=1S/C22H25N3O5S/c1-4-29-21(27)18-12(2)19(24-13(18)3)22(28)30-11-17(26)25-20-15(10-23)14-8-6-5-7-9-16(14)31-20/h24H,4-9,11H2,1-3H3,(H,25,26). The molecule has 0 saturated heterocycles. The molecule has 0 bridgehead atoms. The highest BCUT2D eigenvalue weighted by Gasteiger charge is 2.25. The lowest BCUT2D eigenvalue weighted by atomic mass is 10.1. The predicted octanol–water partition coefficient (Wildman–Crippen LogP) is 3.81. The van der Waals surface area contributed by atoms with Crippen molar-refractivity contribution in [3.63, 3.8) is 0 Å². The van der Waals surface area contributed by atoms with E-state index in [4.69, 9.17) is 9.47 Å². The second-order valence-electron chi connectivity index (χ2n) is 7.35. The molecule has 0 atom stereocenters. The van der Waals surface area contributed by atoms with Crippen molar-refractivity contribution in [2.24, 2.45) is 0 Å². The summed E-state index contributed by atoms with van der Waals surface area (Å²) < 4.78 is 10.1. The molecule has 0 saturated carbocycles. The van der Waals surface area contributed by atoms with Gasteiger partial charge in [-0.3, -0.25) is 4.79 Å². The van der Waals surface area contributed by atoms with Crippen LogP contribution in [0.1, 0.15) is 74.3 Å². The van der Waals surface area contributed by atoms with Crippen molar-refractivity contribution in [1.29, 1.82) is 5.26 Å². The number of carbonyl (C=O) groups excluding carboxylic acids is 3. The van der Waals surface area contributed by atoms with Gasteiger partial charge in [-0.1, -0.05) is 6.42 Å². The molecule has 2 aromatic rings. The van der Waals surface area contributed by atoms with Gasteiger partial charge in [0, 0.05) is 10.6 Å². The molecule has 0 radical (unpaired) electrons. The number of aromatic amines is 1. The Morgan fingerprint density at radius 2 is 1.87 bits per heavy atom. The number of nitrogens with zero attached hydrogens (tertiary/aromatic N) is 1. The van der Waals surface area contributed by atoms with Crippen LogP contribution in [0.4, 0.5) is 5.00 Å². The van der Waals surface area contributed by atoms with Gasteiger partial charge >= 0.3 is 11.9 Å². The normalized spacial score (nSPS) is 13.0. The monoisotopic (exact) mass is 443 g/mol. The third-order valence-electron chi connectivity index (χ3n) is 5.24. The van der Waals surface area contributed by atoms with E-state index in [0.29, 0.717) is 21.8 Å². The lowest BCUT2D eigenvalue weighted by Gasteiger charge is -2.06. The number of hydrogen-bond acceptors (Lipinski definition) is 7. The number of H-pyrrole nitrogens is 1. The zero-order chi connectivity index (χ0) is 22.5. The van der Waals surface area contributed by atoms with E-state index in [9.17, 15) is 19.6 Å². The van der Waals surface area contributed by atoms with Crippen LogP contribution in [0.2, 0.25) is 0 Å². The van der Waals surface area contributed by atoms with Crippen LogP contribution in [0.5, 0.6) is 0 Å². The Morgan fingerprint density at radius 3 is 2.58 bits per heavy atom. The number of anilines is 1. The number of esters is 2. The molecule has 0 aromatic carbocycles. The number of aryl methyl sites for hydroxylation is 2. The van der Waals surface area contributed by atoms with Gasteiger partial charge < -0.3 is 19.8 Å². The van der Waals surface area contributed by atoms with E-state index in [1.807, 2.05) is 0 Å². The van der Waals surface area contributed by atoms with Gasteiger partial charge in [-0.25, -0.2) is 9.59 Å². The molecular formula is C22H25N3O5S. The molecule has 164 valence electrons. The Labute approximate surface area is 184 Å². The summed E-state index contributed by atoms with van der Waals surface area (Å²) in [7, 11) is 0. The summed E-state index contributed by atoms with van der Waals surface area (Å²) in [4.78, 5) is 40.9. The van der Waals surface area contributed by atoms with E-state index in [1.165, 1.54) is 11.3 Å². The molecule has 3 rings (SSSR count). The largest absolute Gasteiger partial charge is 0.462 e. The van der Waals surface area contributed by atoms with Gasteiger partial charge in [0.15, 0.2) is 6.61 Å². The van der Waals surface area contributed by atoms with Crippen molar-refractivity contribution >= 4 is 34.2 Å². The molecule has 2 N–H and O–H groups in total. The predicted molar refractivity (Wildman–Crippen MR) is 115 cm³/mol. The Kier molecular flexibility index (Phi) is 7.13. The van der Waals surface area contributed by atoms with Crippen molar-refractivity contribution in [2.75, 3.05) is 18.5 Å². The zero-order valence-electron chi connectivity index (χ0n) is 17.8. The van der Waals surface area contributed by atoms with Crippen LogP contribution in [0.3, 0.4) is 0 Å². The van der Waals surface area contributed by atoms with Crippen LogP contribution in [0.25, 0.3) is 0 Å². The number of nitriles is 1. The minimum Gasteiger partial charge on any atom is -0.462 e. The third kappa shape index (κ3) is 4.80. The van der Waals surface area contributed by atoms with E-state index in [2.05, 4.69) is 16.4 Å². The number of rotatable bonds is 6. The lowest BCUT2D eigenvalue weighted by Crippen LogP contribution is -2.21. The maximum Gasteiger partial charge on any atom is 0.355 e. The summed E-state index contributed by atoms with van der Waals surface area (Å²) in [5, 5.41) is 12.8. The van der Waals surface area contributed by atoms with Gasteiger partial charge in [0.2, 0.25) is 0 Å². The highest BCUT2D eigenvalue weighted by molar-refractivity contribution is 7.16. The van der Waals surface area contributed by atoms with Gasteiger partial charge in [0.25, 0.3) is 5.91 Å². The van der Waals surface area contributed by atoms with Crippen LogP contribution >= 0.6 is 11.3 Å². The lowest BCUT2D eigenvalue weighted by molar-refractivity contribution is -0.119. The fourth-order valence-corrected chi connectivity index (χ4v) is 5.03. The fourth-order valence-electron chi connectivity index (χ4n) is 3.78. The molecule has 1 aliphatic rings. The van der Waals surface area contributed by atoms with Crippen LogP contribution in [-0.2, 0) is 27.1 Å². The van der Waals surface area contributed by atoms with E-state index in [-0.39, 0.29) is 17.9 Å². The van der Waals surface area contributed by atoms with Gasteiger partial charge in [-0.2, -0.15) is 5.26 Å². The number of nitrogens with one attached hydrogen (secondary N) is 2. The van der Waals surface area contributed by atoms with Gasteiger partial charge in [-0.15, -0.1) is 11.3 Å². The minimum atomic E-state index is -0.742. The maximum absolute atomic E-state index is 12.5. The van der Waals surface area contributed by atoms with Crippen molar-refractivity contribution in [1.82, 2.24) is 4.98 Å². The van der Waals surface area contributed by atoms with E-state index in [0.717, 1.165) is 42.5 Å². The first-order valence-electron chi connectivity index (χ1n) is 10.2. The second-order valence-corrected chi connectivity index (χ2v) is 8.46. The topological polar surface area (TPSA) is 121 Å². The van der Waals surface area contributed by atoms with Crippen LogP contribution in [-0.4, -0.2) is 36.0 Å². The zero-order valence-corrected chi connectivity index (χ0v) is 18.7. The number of fused-ring (bicyclic) bond motifs is 1. The molecule has 9 heteroatoms. The molecule has 8 nitrogen and oxygen atoms in total. The van der Waals surface area contributed by atoms with E-state index in [1.54, 1.807) is 20.8 Å². The van der Waals surface area contributed by atoms with Crippen molar-refractivity contribution in [2.45, 2.75) is 52.9 Å². The smallest absolute Gasteiger partial charge is 0.355 e. The SMILES string of the molecule is CCOC(=O)c1c(C)[nH]c(C(=O)OCC(=O)Nc2sc3c(c2C#N)CCCCC3)c1C. The molecule has 1 amide bonds. The Bertz CT molecular complexity index is 1060. The number of ether oxygens (including phenoxy) is 2. The molecule has 1 aliphatic carbocycles. The molecule has 31 heavy (non-hydrogen) atoms. The van der Waals surface area contributed by atoms with Crippen LogP contribution < -0.4 is 5.32 Å². The van der Waals surface area contributed by atoms with E-state index < -0.39 is 24.5 Å². The molecule has 2 heterocycles. The molecule has 0 spiro atoms. The number of hydrogen-bond donors (Lipinski definition) is 2. The Morgan fingerprint density at radius 1 is 1.13 bits per heavy atom. The summed E-state index contributed by atoms with van der Waals surface area (Å²) in [5.41, 5.74) is 2.84. The molecule has 0 aliphatic heterocycles. The quantitative estimate of drug-likeness (QED) is 0.517. The maximum atomic E-state index is 12.5. The van der Waals surface area contributed by atoms with Crippen molar-refractivity contribution < 1.29 is 23.9 Å². The summed E-state index contributed by atoms with van der Waals surface area (Å²) in [5.74, 6) is -1.78. The molecular weight excluding hydrogens is 418 g/mol.